The standard InChI is InChI=1S/C30H21NO/c1-20-17-28(31-19-27(20)22-11-6-3-7-12-22)23-15-16-29-26(18-23)25-14-8-13-24(30(25)32-29)21-9-4-2-5-10-21/h2-19H,1H3. The molecule has 6 aromatic rings. The van der Waals surface area contributed by atoms with Crippen LogP contribution in [0.5, 0.6) is 0 Å². The highest BCUT2D eigenvalue weighted by Gasteiger charge is 2.13. The number of hydrogen-bond acceptors (Lipinski definition) is 2. The Balaban J connectivity index is 1.47. The molecule has 0 saturated heterocycles. The van der Waals surface area contributed by atoms with Gasteiger partial charge in [0.1, 0.15) is 11.2 Å². The molecule has 0 spiro atoms. The Bertz CT molecular complexity index is 1560. The van der Waals surface area contributed by atoms with Crippen molar-refractivity contribution in [1.82, 2.24) is 4.98 Å². The number of para-hydroxylation sites is 1. The zero-order valence-corrected chi connectivity index (χ0v) is 17.7. The minimum absolute atomic E-state index is 0.893. The molecule has 0 fully saturated rings. The SMILES string of the molecule is Cc1cc(-c2ccc3oc4c(-c5ccccc5)cccc4c3c2)ncc1-c1ccccc1. The minimum Gasteiger partial charge on any atom is -0.455 e. The molecule has 0 unspecified atom stereocenters. The van der Waals surface area contributed by atoms with Crippen molar-refractivity contribution in [3.63, 3.8) is 0 Å². The zero-order chi connectivity index (χ0) is 21.5. The van der Waals surface area contributed by atoms with Gasteiger partial charge in [0.2, 0.25) is 0 Å². The third kappa shape index (κ3) is 3.09. The van der Waals surface area contributed by atoms with E-state index in [1.165, 1.54) is 11.1 Å². The van der Waals surface area contributed by atoms with Gasteiger partial charge >= 0.3 is 0 Å². The number of nitrogens with zero attached hydrogens (tertiary/aromatic N) is 1. The Kier molecular flexibility index (Phi) is 4.36. The molecule has 0 aliphatic rings. The molecule has 0 N–H and O–H groups in total. The van der Waals surface area contributed by atoms with Crippen LogP contribution < -0.4 is 0 Å². The highest BCUT2D eigenvalue weighted by Crippen LogP contribution is 2.37. The number of benzene rings is 4. The molecule has 0 aliphatic carbocycles. The van der Waals surface area contributed by atoms with Gasteiger partial charge in [0.05, 0.1) is 5.69 Å². The topological polar surface area (TPSA) is 26.0 Å². The second-order valence-corrected chi connectivity index (χ2v) is 8.11. The molecular formula is C30H21NO. The summed E-state index contributed by atoms with van der Waals surface area (Å²) >= 11 is 0. The van der Waals surface area contributed by atoms with Crippen LogP contribution in [0.3, 0.4) is 0 Å². The number of fused-ring (bicyclic) bond motifs is 3. The summed E-state index contributed by atoms with van der Waals surface area (Å²) in [5.41, 5.74) is 9.72. The predicted molar refractivity (Wildman–Crippen MR) is 133 cm³/mol. The van der Waals surface area contributed by atoms with Crippen molar-refractivity contribution in [1.29, 1.82) is 0 Å². The molecule has 0 radical (unpaired) electrons. The second kappa shape index (κ2) is 7.51. The van der Waals surface area contributed by atoms with Gasteiger partial charge in [-0.25, -0.2) is 0 Å². The average molecular weight is 412 g/mol. The van der Waals surface area contributed by atoms with E-state index >= 15 is 0 Å². The van der Waals surface area contributed by atoms with E-state index in [0.717, 1.165) is 49.9 Å². The molecule has 2 nitrogen and oxygen atoms in total. The molecule has 4 aromatic carbocycles. The molecule has 2 aromatic heterocycles. The van der Waals surface area contributed by atoms with Gasteiger partial charge in [0, 0.05) is 33.7 Å². The Morgan fingerprint density at radius 2 is 1.31 bits per heavy atom. The summed E-state index contributed by atoms with van der Waals surface area (Å²) in [5.74, 6) is 0. The molecule has 0 amide bonds. The van der Waals surface area contributed by atoms with E-state index in [1.807, 2.05) is 18.3 Å². The molecule has 0 aliphatic heterocycles. The van der Waals surface area contributed by atoms with Gasteiger partial charge < -0.3 is 4.42 Å². The van der Waals surface area contributed by atoms with E-state index in [4.69, 9.17) is 9.40 Å². The van der Waals surface area contributed by atoms with Gasteiger partial charge in [0.15, 0.2) is 0 Å². The molecule has 6 rings (SSSR count). The number of rotatable bonds is 3. The lowest BCUT2D eigenvalue weighted by Crippen LogP contribution is -1.89. The lowest BCUT2D eigenvalue weighted by atomic mass is 9.99. The fourth-order valence-electron chi connectivity index (χ4n) is 4.44. The summed E-state index contributed by atoms with van der Waals surface area (Å²) in [6.07, 6.45) is 1.98. The van der Waals surface area contributed by atoms with Crippen molar-refractivity contribution in [3.05, 3.63) is 115 Å². The molecule has 32 heavy (non-hydrogen) atoms. The summed E-state index contributed by atoms with van der Waals surface area (Å²) in [5, 5.41) is 2.24. The normalized spacial score (nSPS) is 11.3. The molecule has 0 bridgehead atoms. The van der Waals surface area contributed by atoms with E-state index in [0.29, 0.717) is 0 Å². The smallest absolute Gasteiger partial charge is 0.143 e. The fraction of sp³-hybridized carbons (Fsp3) is 0.0333. The third-order valence-electron chi connectivity index (χ3n) is 6.07. The van der Waals surface area contributed by atoms with Gasteiger partial charge in [-0.05, 0) is 47.9 Å². The van der Waals surface area contributed by atoms with Crippen LogP contribution in [0.15, 0.2) is 114 Å². The van der Waals surface area contributed by atoms with Crippen LogP contribution in [0.2, 0.25) is 0 Å². The summed E-state index contributed by atoms with van der Waals surface area (Å²) in [7, 11) is 0. The van der Waals surface area contributed by atoms with E-state index < -0.39 is 0 Å². The van der Waals surface area contributed by atoms with Gasteiger partial charge in [-0.2, -0.15) is 0 Å². The maximum atomic E-state index is 6.31. The third-order valence-corrected chi connectivity index (χ3v) is 6.07. The number of pyridine rings is 1. The summed E-state index contributed by atoms with van der Waals surface area (Å²) in [4.78, 5) is 4.79. The van der Waals surface area contributed by atoms with Crippen molar-refractivity contribution in [2.45, 2.75) is 6.92 Å². The number of hydrogen-bond donors (Lipinski definition) is 0. The molecule has 0 atom stereocenters. The Morgan fingerprint density at radius 1 is 0.594 bits per heavy atom. The van der Waals surface area contributed by atoms with Crippen molar-refractivity contribution < 1.29 is 4.42 Å². The van der Waals surface area contributed by atoms with Crippen molar-refractivity contribution in [2.75, 3.05) is 0 Å². The number of furan rings is 1. The number of aryl methyl sites for hydroxylation is 1. The first-order valence-corrected chi connectivity index (χ1v) is 10.8. The van der Waals surface area contributed by atoms with E-state index in [1.54, 1.807) is 0 Å². The Morgan fingerprint density at radius 3 is 2.03 bits per heavy atom. The average Bonchev–Trinajstić information content (AvgIpc) is 3.23. The monoisotopic (exact) mass is 411 g/mol. The fourth-order valence-corrected chi connectivity index (χ4v) is 4.44. The van der Waals surface area contributed by atoms with E-state index in [9.17, 15) is 0 Å². The summed E-state index contributed by atoms with van der Waals surface area (Å²) in [6, 6.07) is 35.7. The van der Waals surface area contributed by atoms with Crippen LogP contribution in [0.1, 0.15) is 5.56 Å². The first-order valence-electron chi connectivity index (χ1n) is 10.8. The van der Waals surface area contributed by atoms with Gasteiger partial charge in [0.25, 0.3) is 0 Å². The maximum absolute atomic E-state index is 6.31. The van der Waals surface area contributed by atoms with Crippen LogP contribution >= 0.6 is 0 Å². The van der Waals surface area contributed by atoms with Gasteiger partial charge in [-0.1, -0.05) is 78.9 Å². The summed E-state index contributed by atoms with van der Waals surface area (Å²) in [6.45, 7) is 2.14. The molecule has 0 saturated carbocycles. The largest absolute Gasteiger partial charge is 0.455 e. The Hall–Kier alpha value is -4.17. The van der Waals surface area contributed by atoms with Crippen LogP contribution in [0, 0.1) is 6.92 Å². The van der Waals surface area contributed by atoms with Crippen LogP contribution in [-0.2, 0) is 0 Å². The number of aromatic nitrogens is 1. The molecule has 152 valence electrons. The van der Waals surface area contributed by atoms with Crippen LogP contribution in [-0.4, -0.2) is 4.98 Å². The van der Waals surface area contributed by atoms with E-state index in [-0.39, 0.29) is 0 Å². The predicted octanol–water partition coefficient (Wildman–Crippen LogP) is 8.29. The molecular weight excluding hydrogens is 390 g/mol. The van der Waals surface area contributed by atoms with Crippen LogP contribution in [0.4, 0.5) is 0 Å². The summed E-state index contributed by atoms with van der Waals surface area (Å²) < 4.78 is 6.31. The van der Waals surface area contributed by atoms with E-state index in [2.05, 4.69) is 97.9 Å². The zero-order valence-electron chi connectivity index (χ0n) is 17.7. The lowest BCUT2D eigenvalue weighted by Gasteiger charge is -2.08. The van der Waals surface area contributed by atoms with Crippen molar-refractivity contribution in [3.8, 4) is 33.5 Å². The Labute approximate surface area is 186 Å². The maximum Gasteiger partial charge on any atom is 0.143 e. The first kappa shape index (κ1) is 18.6. The van der Waals surface area contributed by atoms with Crippen LogP contribution in [0.25, 0.3) is 55.4 Å². The minimum atomic E-state index is 0.893. The van der Waals surface area contributed by atoms with Crippen molar-refractivity contribution in [2.24, 2.45) is 0 Å². The van der Waals surface area contributed by atoms with Gasteiger partial charge in [-0.3, -0.25) is 4.98 Å². The van der Waals surface area contributed by atoms with Crippen molar-refractivity contribution >= 4 is 21.9 Å². The molecule has 2 heterocycles. The molecule has 2 heteroatoms. The second-order valence-electron chi connectivity index (χ2n) is 8.11. The van der Waals surface area contributed by atoms with Gasteiger partial charge in [-0.15, -0.1) is 0 Å². The lowest BCUT2D eigenvalue weighted by molar-refractivity contribution is 0.670. The highest BCUT2D eigenvalue weighted by atomic mass is 16.3. The first-order chi connectivity index (χ1) is 15.8. The quantitative estimate of drug-likeness (QED) is 0.293. The highest BCUT2D eigenvalue weighted by molar-refractivity contribution is 6.10.